The molecular formula is C9H3ClF3NO. The van der Waals surface area contributed by atoms with Crippen LogP contribution in [0.4, 0.5) is 13.2 Å². The summed E-state index contributed by atoms with van der Waals surface area (Å²) in [5.41, 5.74) is -1.12. The van der Waals surface area contributed by atoms with Crippen molar-refractivity contribution in [2.75, 3.05) is 0 Å². The van der Waals surface area contributed by atoms with Crippen LogP contribution in [0.3, 0.4) is 0 Å². The molecule has 0 amide bonds. The second-order valence-electron chi connectivity index (χ2n) is 2.89. The average Bonchev–Trinajstić information content (AvgIpc) is 2.17. The molecule has 0 radical (unpaired) electrons. The molecule has 0 spiro atoms. The summed E-state index contributed by atoms with van der Waals surface area (Å²) < 4.78 is 38.8. The summed E-state index contributed by atoms with van der Waals surface area (Å²) in [6.45, 7) is 0. The van der Waals surface area contributed by atoms with E-state index in [1.165, 1.54) is 0 Å². The lowest BCUT2D eigenvalue weighted by Crippen LogP contribution is -2.06. The summed E-state index contributed by atoms with van der Waals surface area (Å²) in [5.74, 6) is -4.45. The van der Waals surface area contributed by atoms with Crippen molar-refractivity contribution in [2.24, 2.45) is 0 Å². The molecule has 0 aliphatic rings. The highest BCUT2D eigenvalue weighted by atomic mass is 35.5. The van der Waals surface area contributed by atoms with E-state index in [0.717, 1.165) is 12.1 Å². The predicted octanol–water partition coefficient (Wildman–Crippen LogP) is 2.60. The molecule has 0 fully saturated rings. The minimum Gasteiger partial charge on any atom is -0.319 e. The van der Waals surface area contributed by atoms with Gasteiger partial charge in [0.1, 0.15) is 0 Å². The van der Waals surface area contributed by atoms with E-state index in [2.05, 4.69) is 0 Å². The maximum atomic E-state index is 13.2. The van der Waals surface area contributed by atoms with Crippen LogP contribution in [0, 0.1) is 17.5 Å². The molecule has 0 aliphatic carbocycles. The first-order valence-corrected chi connectivity index (χ1v) is 4.24. The van der Waals surface area contributed by atoms with E-state index in [1.807, 2.05) is 4.98 Å². The summed E-state index contributed by atoms with van der Waals surface area (Å²) in [6.07, 6.45) is 0. The zero-order valence-corrected chi connectivity index (χ0v) is 7.83. The Kier molecular flexibility index (Phi) is 2.19. The Morgan fingerprint density at radius 3 is 2.47 bits per heavy atom. The van der Waals surface area contributed by atoms with E-state index in [0.29, 0.717) is 0 Å². The monoisotopic (exact) mass is 233 g/mol. The second-order valence-corrected chi connectivity index (χ2v) is 3.30. The van der Waals surface area contributed by atoms with Gasteiger partial charge in [0.05, 0.1) is 10.5 Å². The molecule has 2 nitrogen and oxygen atoms in total. The first-order valence-electron chi connectivity index (χ1n) is 3.86. The maximum Gasteiger partial charge on any atom is 0.249 e. The number of aromatic amines is 1. The van der Waals surface area contributed by atoms with Gasteiger partial charge in [-0.25, -0.2) is 13.2 Å². The van der Waals surface area contributed by atoms with Crippen LogP contribution < -0.4 is 5.56 Å². The van der Waals surface area contributed by atoms with E-state index < -0.39 is 28.5 Å². The van der Waals surface area contributed by atoms with E-state index in [1.54, 1.807) is 0 Å². The lowest BCUT2D eigenvalue weighted by molar-refractivity contribution is 0.452. The van der Waals surface area contributed by atoms with Crippen LogP contribution in [0.1, 0.15) is 0 Å². The Balaban J connectivity index is 3.05. The van der Waals surface area contributed by atoms with Crippen LogP contribution in [-0.2, 0) is 0 Å². The largest absolute Gasteiger partial charge is 0.319 e. The molecule has 0 atom stereocenters. The molecular weight excluding hydrogens is 231 g/mol. The summed E-state index contributed by atoms with van der Waals surface area (Å²) in [4.78, 5) is 13.0. The lowest BCUT2D eigenvalue weighted by atomic mass is 10.2. The van der Waals surface area contributed by atoms with Crippen molar-refractivity contribution in [1.82, 2.24) is 4.98 Å². The first kappa shape index (κ1) is 10.0. The molecule has 0 bridgehead atoms. The van der Waals surface area contributed by atoms with Crippen LogP contribution in [0.5, 0.6) is 0 Å². The molecule has 2 aromatic rings. The van der Waals surface area contributed by atoms with Gasteiger partial charge in [0.15, 0.2) is 17.5 Å². The molecule has 0 saturated carbocycles. The van der Waals surface area contributed by atoms with Crippen molar-refractivity contribution in [3.05, 3.63) is 45.0 Å². The van der Waals surface area contributed by atoms with Gasteiger partial charge in [0.2, 0.25) is 5.56 Å². The number of H-pyrrole nitrogens is 1. The summed E-state index contributed by atoms with van der Waals surface area (Å²) in [5, 5.41) is -0.209. The number of pyridine rings is 1. The van der Waals surface area contributed by atoms with Gasteiger partial charge in [0.25, 0.3) is 0 Å². The van der Waals surface area contributed by atoms with E-state index >= 15 is 0 Å². The SMILES string of the molecule is O=c1cc(Cl)c2cc(F)c(F)c(F)c2[nH]1. The number of halogens is 4. The van der Waals surface area contributed by atoms with Crippen LogP contribution in [0.25, 0.3) is 10.9 Å². The topological polar surface area (TPSA) is 32.9 Å². The van der Waals surface area contributed by atoms with Crippen molar-refractivity contribution in [1.29, 1.82) is 0 Å². The quantitative estimate of drug-likeness (QED) is 0.697. The summed E-state index contributed by atoms with van der Waals surface area (Å²) in [6, 6.07) is 1.69. The fourth-order valence-electron chi connectivity index (χ4n) is 1.26. The van der Waals surface area contributed by atoms with Crippen LogP contribution in [0.2, 0.25) is 5.02 Å². The van der Waals surface area contributed by atoms with Crippen LogP contribution >= 0.6 is 11.6 Å². The molecule has 1 aromatic carbocycles. The number of rotatable bonds is 0. The van der Waals surface area contributed by atoms with Gasteiger partial charge in [-0.15, -0.1) is 0 Å². The van der Waals surface area contributed by atoms with E-state index in [4.69, 9.17) is 11.6 Å². The standard InChI is InChI=1S/C9H3ClF3NO/c10-4-2-6(15)14-9-3(4)1-5(11)7(12)8(9)13/h1-2H,(H,14,15). The van der Waals surface area contributed by atoms with Crippen molar-refractivity contribution in [3.63, 3.8) is 0 Å². The Hall–Kier alpha value is -1.49. The highest BCUT2D eigenvalue weighted by Gasteiger charge is 2.15. The molecule has 6 heteroatoms. The molecule has 15 heavy (non-hydrogen) atoms. The van der Waals surface area contributed by atoms with Crippen molar-refractivity contribution in [3.8, 4) is 0 Å². The van der Waals surface area contributed by atoms with Gasteiger partial charge < -0.3 is 4.98 Å². The van der Waals surface area contributed by atoms with Gasteiger partial charge in [-0.2, -0.15) is 0 Å². The normalized spacial score (nSPS) is 10.9. The Labute approximate surface area is 86.3 Å². The molecule has 0 unspecified atom stereocenters. The second kappa shape index (κ2) is 3.27. The smallest absolute Gasteiger partial charge is 0.249 e. The Morgan fingerprint density at radius 1 is 1.13 bits per heavy atom. The fourth-order valence-corrected chi connectivity index (χ4v) is 1.51. The van der Waals surface area contributed by atoms with Gasteiger partial charge in [0, 0.05) is 11.5 Å². The van der Waals surface area contributed by atoms with Gasteiger partial charge >= 0.3 is 0 Å². The average molecular weight is 234 g/mol. The van der Waals surface area contributed by atoms with Gasteiger partial charge in [-0.05, 0) is 6.07 Å². The number of aromatic nitrogens is 1. The van der Waals surface area contributed by atoms with Crippen LogP contribution in [0.15, 0.2) is 16.9 Å². The van der Waals surface area contributed by atoms with E-state index in [9.17, 15) is 18.0 Å². The summed E-state index contributed by atoms with van der Waals surface area (Å²) >= 11 is 5.58. The minimum atomic E-state index is -1.64. The highest BCUT2D eigenvalue weighted by molar-refractivity contribution is 6.35. The third-order valence-corrected chi connectivity index (χ3v) is 2.24. The van der Waals surface area contributed by atoms with Crippen LogP contribution in [-0.4, -0.2) is 4.98 Å². The zero-order chi connectivity index (χ0) is 11.2. The molecule has 2 rings (SSSR count). The molecule has 0 aliphatic heterocycles. The van der Waals surface area contributed by atoms with Gasteiger partial charge in [-0.3, -0.25) is 4.79 Å². The predicted molar refractivity (Wildman–Crippen MR) is 49.5 cm³/mol. The van der Waals surface area contributed by atoms with E-state index in [-0.39, 0.29) is 10.4 Å². The van der Waals surface area contributed by atoms with Crippen molar-refractivity contribution < 1.29 is 13.2 Å². The number of nitrogens with one attached hydrogen (secondary N) is 1. The Bertz CT molecular complexity index is 608. The number of fused-ring (bicyclic) bond motifs is 1. The fraction of sp³-hybridized carbons (Fsp3) is 0. The lowest BCUT2D eigenvalue weighted by Gasteiger charge is -2.02. The minimum absolute atomic E-state index is 0.0762. The molecule has 1 aromatic heterocycles. The van der Waals surface area contributed by atoms with Crippen molar-refractivity contribution >= 4 is 22.5 Å². The van der Waals surface area contributed by atoms with Gasteiger partial charge in [-0.1, -0.05) is 11.6 Å². The summed E-state index contributed by atoms with van der Waals surface area (Å²) in [7, 11) is 0. The highest BCUT2D eigenvalue weighted by Crippen LogP contribution is 2.25. The number of hydrogen-bond donors (Lipinski definition) is 1. The zero-order valence-electron chi connectivity index (χ0n) is 7.07. The molecule has 0 saturated heterocycles. The number of hydrogen-bond acceptors (Lipinski definition) is 1. The molecule has 78 valence electrons. The molecule has 1 N–H and O–H groups in total. The third-order valence-electron chi connectivity index (χ3n) is 1.93. The molecule has 1 heterocycles. The number of benzene rings is 1. The van der Waals surface area contributed by atoms with Crippen molar-refractivity contribution in [2.45, 2.75) is 0 Å². The first-order chi connectivity index (χ1) is 7.00. The Morgan fingerprint density at radius 2 is 1.80 bits per heavy atom. The maximum absolute atomic E-state index is 13.2. The third kappa shape index (κ3) is 1.48.